The van der Waals surface area contributed by atoms with Crippen molar-refractivity contribution in [2.75, 3.05) is 4.90 Å². The molecule has 1 heteroatoms. The van der Waals surface area contributed by atoms with E-state index in [1.165, 1.54) is 0 Å². The first-order valence-corrected chi connectivity index (χ1v) is 20.2. The Labute approximate surface area is 474 Å². The van der Waals surface area contributed by atoms with E-state index in [1.54, 1.807) is 0 Å². The second-order valence-electron chi connectivity index (χ2n) is 15.0. The first kappa shape index (κ1) is 14.5. The third-order valence-electron chi connectivity index (χ3n) is 11.4. The summed E-state index contributed by atoms with van der Waals surface area (Å²) in [6, 6.07) is -59.3. The zero-order valence-electron chi connectivity index (χ0n) is 83.4. The quantitative estimate of drug-likeness (QED) is 0.147. The fourth-order valence-electron chi connectivity index (χ4n) is 8.43. The second kappa shape index (κ2) is 16.1. The van der Waals surface area contributed by atoms with Gasteiger partial charge in [0.1, 0.15) is 0 Å². The van der Waals surface area contributed by atoms with Crippen LogP contribution in [0.4, 0.5) is 17.1 Å². The summed E-state index contributed by atoms with van der Waals surface area (Å²) in [5.74, 6) is 0. The highest BCUT2D eigenvalue weighted by Gasteiger charge is 2.46. The highest BCUT2D eigenvalue weighted by molar-refractivity contribution is 6.05. The van der Waals surface area contributed by atoms with Crippen molar-refractivity contribution in [2.45, 2.75) is 24.5 Å². The molecule has 13 rings (SSSR count). The predicted molar refractivity (Wildman–Crippen MR) is 290 cm³/mol. The van der Waals surface area contributed by atoms with Crippen LogP contribution in [0.1, 0.15) is 114 Å². The summed E-state index contributed by atoms with van der Waals surface area (Å²) in [5, 5.41) is -2.20. The van der Waals surface area contributed by atoms with Crippen molar-refractivity contribution in [1.29, 1.82) is 0 Å². The van der Waals surface area contributed by atoms with Crippen LogP contribution in [-0.4, -0.2) is 0 Å². The van der Waals surface area contributed by atoms with E-state index in [2.05, 4.69) is 0 Å². The molecular formula is C68H49N. The first-order chi connectivity index (χ1) is 54.4. The number of benzene rings is 11. The maximum absolute atomic E-state index is 10.9. The lowest BCUT2D eigenvalue weighted by molar-refractivity contribution is 0.660. The molecule has 0 fully saturated rings. The predicted octanol–water partition coefficient (Wildman–Crippen LogP) is 18.0. The first-order valence-electron chi connectivity index (χ1n) is 44.7. The van der Waals surface area contributed by atoms with Gasteiger partial charge in [-0.05, 0) is 142 Å². The molecule has 0 aliphatic heterocycles. The zero-order valence-corrected chi connectivity index (χ0v) is 34.4. The summed E-state index contributed by atoms with van der Waals surface area (Å²) in [7, 11) is 0. The Morgan fingerprint density at radius 2 is 0.812 bits per heavy atom. The average Bonchev–Trinajstić information content (AvgIpc) is 1.49. The number of hydrogen-bond acceptors (Lipinski definition) is 1. The normalized spacial score (nSPS) is 24.0. The van der Waals surface area contributed by atoms with E-state index in [-0.39, 0.29) is 4.90 Å². The molecule has 0 bridgehead atoms. The minimum absolute atomic E-state index is 0.00513. The Hall–Kier alpha value is -8.52. The molecule has 326 valence electrons. The Morgan fingerprint density at radius 1 is 0.333 bits per heavy atom. The summed E-state index contributed by atoms with van der Waals surface area (Å²) in [5.41, 5.74) is -32.3. The van der Waals surface area contributed by atoms with Crippen molar-refractivity contribution in [3.05, 3.63) is 293 Å². The molecule has 2 aliphatic carbocycles. The minimum atomic E-state index is -4.14. The van der Waals surface area contributed by atoms with Crippen LogP contribution in [0.15, 0.2) is 260 Å². The summed E-state index contributed by atoms with van der Waals surface area (Å²) in [6.07, 6.45) is 0. The molecule has 0 spiro atoms. The lowest BCUT2D eigenvalue weighted by Crippen LogP contribution is -2.28. The van der Waals surface area contributed by atoms with E-state index < -0.39 is 401 Å². The van der Waals surface area contributed by atoms with E-state index in [9.17, 15) is 32.9 Å². The van der Waals surface area contributed by atoms with Crippen molar-refractivity contribution in [2.24, 2.45) is 0 Å². The maximum atomic E-state index is 10.9. The monoisotopic (exact) mass is 929 g/mol. The molecule has 0 atom stereocenters. The number of rotatable bonds is 8. The molecule has 1 nitrogen and oxygen atoms in total. The van der Waals surface area contributed by atoms with Crippen molar-refractivity contribution in [1.82, 2.24) is 0 Å². The molecule has 2 aliphatic rings. The van der Waals surface area contributed by atoms with Gasteiger partial charge in [0.25, 0.3) is 0 Å². The molecule has 11 aromatic rings. The van der Waals surface area contributed by atoms with Crippen molar-refractivity contribution < 1.29 is 67.2 Å². The Kier molecular flexibility index (Phi) is 3.38. The van der Waals surface area contributed by atoms with Crippen molar-refractivity contribution >= 4 is 27.8 Å². The van der Waals surface area contributed by atoms with Gasteiger partial charge in [-0.3, -0.25) is 0 Å². The smallest absolute Gasteiger partial charge is 0.0714 e. The standard InChI is InChI=1S/C68H49N/c1-67(2)62-28-16-14-26-58(62)60-42-35-50(44-64(60)67)66-56-25-13-12-20-48(56)34-41-57(66)49-32-38-54(39-33-49)69(53-36-30-47(31-37-53)46-18-6-3-7-19-46)55-40-43-61-59-27-15-17-29-63(59)68(65(61)45-55,51-21-8-4-9-22-51)52-23-10-5-11-24-52/h3-45H,1-2H3/i1D3,2D3,3D,4D,5D,6D,7D,8D,9D,10D,11D,12D,13D,14D,15D,16D,17D,18D,19D,20D,21D,22D,23D,24D,25D,26D,27D,28D,29D,30D,31D,32D,33D,34D,35D,36D,37D,38D,39D,40D,41D,42D,43D,44D,45D. The molecule has 0 unspecified atom stereocenters. The molecule has 0 radical (unpaired) electrons. The molecule has 0 amide bonds. The van der Waals surface area contributed by atoms with E-state index >= 15 is 0 Å². The van der Waals surface area contributed by atoms with Gasteiger partial charge in [0.2, 0.25) is 0 Å². The highest BCUT2D eigenvalue weighted by Crippen LogP contribution is 2.57. The van der Waals surface area contributed by atoms with Crippen molar-refractivity contribution in [3.8, 4) is 55.6 Å². The number of anilines is 3. The molecule has 0 saturated heterocycles. The van der Waals surface area contributed by atoms with Gasteiger partial charge in [-0.15, -0.1) is 0 Å². The summed E-state index contributed by atoms with van der Waals surface area (Å²) < 4.78 is 461. The molecule has 0 saturated carbocycles. The lowest BCUT2D eigenvalue weighted by Gasteiger charge is -2.35. The van der Waals surface area contributed by atoms with Crippen LogP contribution in [0, 0.1) is 0 Å². The average molecular weight is 929 g/mol. The topological polar surface area (TPSA) is 3.24 Å². The molecule has 11 aromatic carbocycles. The van der Waals surface area contributed by atoms with Gasteiger partial charge in [-0.1, -0.05) is 231 Å². The Bertz CT molecular complexity index is 6340. The van der Waals surface area contributed by atoms with Crippen LogP contribution >= 0.6 is 0 Å². The molecule has 0 heterocycles. The minimum Gasteiger partial charge on any atom is -0.310 e. The Morgan fingerprint density at radius 3 is 1.49 bits per heavy atom. The Balaban J connectivity index is 1.29. The van der Waals surface area contributed by atoms with Crippen LogP contribution in [0.2, 0.25) is 0 Å². The van der Waals surface area contributed by atoms with Crippen LogP contribution in [0.25, 0.3) is 66.4 Å². The van der Waals surface area contributed by atoms with Crippen LogP contribution < -0.4 is 4.90 Å². The van der Waals surface area contributed by atoms with E-state index in [1.807, 2.05) is 0 Å². The summed E-state index contributed by atoms with van der Waals surface area (Å²) >= 11 is 0. The SMILES string of the molecule is [2H]c1c([2H])c([2H])c(-c2c([2H])c([2H])c(N(c3c([2H])c([2H])c(-c4c([2H])c([2H])c5c([2H])c([2H])c([2H])c([2H])c5c4-c4c([2H])c([2H])c5c(c4[2H])C(C([2H])([2H])[2H])(C([2H])([2H])[2H])c4c([2H])c([2H])c([2H])c([2H])c4-5)c([2H])c3[2H])c3c([2H])c([2H])c4c(c3[2H])C(c3c([2H])c([2H])c([2H])c([2H])c3[2H])(c3c([2H])c([2H])c([2H])c([2H])c3[2H])c3c([2H])c([2H])c([2H])c([2H])c3-4)c([2H])c2[2H])c([2H])c1[2H]. The number of hydrogen-bond donors (Lipinski definition) is 0. The van der Waals surface area contributed by atoms with E-state index in [0.29, 0.717) is 0 Å². The van der Waals surface area contributed by atoms with E-state index in [0.717, 1.165) is 0 Å². The number of fused-ring (bicyclic) bond motifs is 7. The van der Waals surface area contributed by atoms with Crippen molar-refractivity contribution in [3.63, 3.8) is 0 Å². The second-order valence-corrected chi connectivity index (χ2v) is 15.0. The van der Waals surface area contributed by atoms with Gasteiger partial charge < -0.3 is 4.90 Å². The lowest BCUT2D eigenvalue weighted by atomic mass is 9.67. The van der Waals surface area contributed by atoms with Crippen LogP contribution in [0.3, 0.4) is 0 Å². The van der Waals surface area contributed by atoms with Crippen LogP contribution in [0.5, 0.6) is 0 Å². The summed E-state index contributed by atoms with van der Waals surface area (Å²) in [4.78, 5) is 0.00513. The van der Waals surface area contributed by atoms with Gasteiger partial charge in [0, 0.05) is 30.7 Å². The zero-order chi connectivity index (χ0) is 88.5. The fraction of sp³-hybridized carbons (Fsp3) is 0.0588. The highest BCUT2D eigenvalue weighted by atomic mass is 15.1. The van der Waals surface area contributed by atoms with Gasteiger partial charge >= 0.3 is 0 Å². The van der Waals surface area contributed by atoms with Gasteiger partial charge in [0.05, 0.1) is 64.4 Å². The van der Waals surface area contributed by atoms with Crippen LogP contribution in [-0.2, 0) is 10.8 Å². The van der Waals surface area contributed by atoms with Gasteiger partial charge in [0.15, 0.2) is 0 Å². The molecule has 0 aromatic heterocycles. The largest absolute Gasteiger partial charge is 0.310 e. The third-order valence-corrected chi connectivity index (χ3v) is 11.4. The van der Waals surface area contributed by atoms with Gasteiger partial charge in [-0.25, -0.2) is 0 Å². The number of nitrogens with zero attached hydrogens (tertiary/aromatic N) is 1. The maximum Gasteiger partial charge on any atom is 0.0714 e. The van der Waals surface area contributed by atoms with E-state index in [4.69, 9.17) is 34.3 Å². The molecule has 0 N–H and O–H groups in total. The van der Waals surface area contributed by atoms with Gasteiger partial charge in [-0.2, -0.15) is 0 Å². The fourth-order valence-corrected chi connectivity index (χ4v) is 8.43. The third kappa shape index (κ3) is 6.38. The summed E-state index contributed by atoms with van der Waals surface area (Å²) in [6.45, 7) is -8.28. The molecule has 69 heavy (non-hydrogen) atoms. The molecular weight excluding hydrogens is 831 g/mol.